The first-order valence-corrected chi connectivity index (χ1v) is 11.8. The number of hydrogen-bond donors (Lipinski definition) is 2. The van der Waals surface area contributed by atoms with Gasteiger partial charge >= 0.3 is 0 Å². The molecule has 2 N–H and O–H groups in total. The van der Waals surface area contributed by atoms with E-state index in [1.165, 1.54) is 48.6 Å². The Labute approximate surface area is 197 Å². The van der Waals surface area contributed by atoms with E-state index in [0.29, 0.717) is 18.8 Å². The van der Waals surface area contributed by atoms with Gasteiger partial charge in [-0.2, -0.15) is 15.3 Å². The molecule has 3 aliphatic heterocycles. The van der Waals surface area contributed by atoms with Crippen molar-refractivity contribution in [2.24, 2.45) is 10.2 Å². The SMILES string of the molecule is O=C1C=C2N=NCC3=C2C(=CN1)C(c1ncnn1CCO)C(c1ccc(CN2CCC2)cc1)C3. The van der Waals surface area contributed by atoms with Crippen LogP contribution in [0.5, 0.6) is 0 Å². The zero-order chi connectivity index (χ0) is 23.1. The summed E-state index contributed by atoms with van der Waals surface area (Å²) in [5.74, 6) is 0.505. The standard InChI is InChI=1S/C25H27N7O2/c33-9-8-32-25(27-15-29-32)24-19(17-4-2-16(3-5-17)14-31-6-1-7-31)10-18-12-28-30-21-11-22(34)26-13-20(24)23(18)21/h2-5,11,13,15,19,24,33H,1,6-10,12,14H2,(H,26,34). The van der Waals surface area contributed by atoms with Crippen LogP contribution in [0.2, 0.25) is 0 Å². The average molecular weight is 458 g/mol. The Morgan fingerprint density at radius 1 is 1.18 bits per heavy atom. The number of aliphatic hydroxyl groups is 1. The maximum atomic E-state index is 12.4. The molecule has 4 aliphatic rings. The minimum Gasteiger partial charge on any atom is -0.394 e. The first-order chi connectivity index (χ1) is 16.7. The largest absolute Gasteiger partial charge is 0.394 e. The zero-order valence-corrected chi connectivity index (χ0v) is 18.9. The molecule has 4 heterocycles. The molecule has 174 valence electrons. The molecular weight excluding hydrogens is 430 g/mol. The molecule has 0 saturated carbocycles. The Kier molecular flexibility index (Phi) is 5.43. The molecule has 9 heteroatoms. The number of likely N-dealkylation sites (tertiary alicyclic amines) is 1. The quantitative estimate of drug-likeness (QED) is 0.693. The van der Waals surface area contributed by atoms with Gasteiger partial charge in [-0.25, -0.2) is 9.67 Å². The Morgan fingerprint density at radius 3 is 2.79 bits per heavy atom. The monoisotopic (exact) mass is 457 g/mol. The third kappa shape index (κ3) is 3.70. The van der Waals surface area contributed by atoms with E-state index in [9.17, 15) is 9.90 Å². The van der Waals surface area contributed by atoms with Gasteiger partial charge in [0, 0.05) is 30.3 Å². The third-order valence-electron chi connectivity index (χ3n) is 7.18. The van der Waals surface area contributed by atoms with E-state index in [2.05, 4.69) is 54.8 Å². The Morgan fingerprint density at radius 2 is 2.03 bits per heavy atom. The van der Waals surface area contributed by atoms with Crippen molar-refractivity contribution >= 4 is 5.91 Å². The zero-order valence-electron chi connectivity index (χ0n) is 18.9. The smallest absolute Gasteiger partial charge is 0.250 e. The van der Waals surface area contributed by atoms with Gasteiger partial charge in [0.15, 0.2) is 0 Å². The predicted octanol–water partition coefficient (Wildman–Crippen LogP) is 2.41. The van der Waals surface area contributed by atoms with Crippen LogP contribution in [0.15, 0.2) is 75.5 Å². The number of aromatic nitrogens is 3. The highest BCUT2D eigenvalue weighted by Gasteiger charge is 2.41. The summed E-state index contributed by atoms with van der Waals surface area (Å²) in [5, 5.41) is 25.5. The van der Waals surface area contributed by atoms with E-state index in [1.807, 2.05) is 0 Å². The molecule has 1 aromatic heterocycles. The normalized spacial score (nSPS) is 24.1. The fourth-order valence-corrected chi connectivity index (χ4v) is 5.44. The molecule has 1 aromatic carbocycles. The molecule has 1 amide bonds. The first-order valence-electron chi connectivity index (χ1n) is 11.8. The lowest BCUT2D eigenvalue weighted by Gasteiger charge is -2.37. The summed E-state index contributed by atoms with van der Waals surface area (Å²) in [6, 6.07) is 8.90. The van der Waals surface area contributed by atoms with Crippen molar-refractivity contribution in [1.82, 2.24) is 25.0 Å². The van der Waals surface area contributed by atoms with Crippen molar-refractivity contribution in [3.8, 4) is 0 Å². The summed E-state index contributed by atoms with van der Waals surface area (Å²) in [6.45, 7) is 4.20. The van der Waals surface area contributed by atoms with Crippen molar-refractivity contribution < 1.29 is 9.90 Å². The lowest BCUT2D eigenvalue weighted by molar-refractivity contribution is -0.115. The highest BCUT2D eigenvalue weighted by molar-refractivity contribution is 5.91. The molecule has 2 unspecified atom stereocenters. The lowest BCUT2D eigenvalue weighted by atomic mass is 9.68. The van der Waals surface area contributed by atoms with Gasteiger partial charge in [-0.3, -0.25) is 9.69 Å². The number of rotatable bonds is 6. The second kappa shape index (κ2) is 8.73. The molecule has 0 spiro atoms. The predicted molar refractivity (Wildman–Crippen MR) is 125 cm³/mol. The Balaban J connectivity index is 1.44. The molecule has 34 heavy (non-hydrogen) atoms. The first kappa shape index (κ1) is 21.1. The number of carbonyl (C=O) groups excluding carboxylic acids is 1. The van der Waals surface area contributed by atoms with Crippen LogP contribution in [0, 0.1) is 0 Å². The van der Waals surface area contributed by atoms with Crippen LogP contribution < -0.4 is 5.32 Å². The van der Waals surface area contributed by atoms with Crippen molar-refractivity contribution in [3.63, 3.8) is 0 Å². The third-order valence-corrected chi connectivity index (χ3v) is 7.18. The van der Waals surface area contributed by atoms with Gasteiger partial charge < -0.3 is 10.4 Å². The number of carbonyl (C=O) groups is 1. The molecule has 2 aromatic rings. The fraction of sp³-hybridized carbons (Fsp3) is 0.400. The molecular formula is C25H27N7O2. The van der Waals surface area contributed by atoms with Gasteiger partial charge in [0.25, 0.3) is 0 Å². The van der Waals surface area contributed by atoms with Crippen LogP contribution in [0.25, 0.3) is 0 Å². The van der Waals surface area contributed by atoms with Crippen LogP contribution in [-0.2, 0) is 17.9 Å². The van der Waals surface area contributed by atoms with Gasteiger partial charge in [-0.1, -0.05) is 24.3 Å². The van der Waals surface area contributed by atoms with Gasteiger partial charge in [0.2, 0.25) is 5.91 Å². The van der Waals surface area contributed by atoms with Crippen LogP contribution >= 0.6 is 0 Å². The van der Waals surface area contributed by atoms with Crippen molar-refractivity contribution in [3.05, 3.63) is 82.2 Å². The van der Waals surface area contributed by atoms with E-state index in [0.717, 1.165) is 29.9 Å². The highest BCUT2D eigenvalue weighted by atomic mass is 16.3. The van der Waals surface area contributed by atoms with Gasteiger partial charge in [0.1, 0.15) is 12.2 Å². The fourth-order valence-electron chi connectivity index (χ4n) is 5.44. The molecule has 2 atom stereocenters. The summed E-state index contributed by atoms with van der Waals surface area (Å²) < 4.78 is 1.77. The van der Waals surface area contributed by atoms with Crippen LogP contribution in [0.1, 0.15) is 41.6 Å². The molecule has 9 nitrogen and oxygen atoms in total. The molecule has 6 rings (SSSR count). The number of benzene rings is 1. The summed E-state index contributed by atoms with van der Waals surface area (Å²) in [6.07, 6.45) is 6.93. The number of nitrogens with zero attached hydrogens (tertiary/aromatic N) is 6. The maximum Gasteiger partial charge on any atom is 0.250 e. The molecule has 1 saturated heterocycles. The van der Waals surface area contributed by atoms with E-state index >= 15 is 0 Å². The van der Waals surface area contributed by atoms with E-state index < -0.39 is 0 Å². The molecule has 0 bridgehead atoms. The summed E-state index contributed by atoms with van der Waals surface area (Å²) >= 11 is 0. The summed E-state index contributed by atoms with van der Waals surface area (Å²) in [5.41, 5.74) is 6.28. The minimum atomic E-state index is -0.216. The molecule has 1 fully saturated rings. The van der Waals surface area contributed by atoms with Gasteiger partial charge in [-0.15, -0.1) is 0 Å². The van der Waals surface area contributed by atoms with Gasteiger partial charge in [0.05, 0.1) is 31.3 Å². The topological polar surface area (TPSA) is 108 Å². The summed E-state index contributed by atoms with van der Waals surface area (Å²) in [4.78, 5) is 19.4. The number of nitrogens with one attached hydrogen (secondary N) is 1. The Hall–Kier alpha value is -3.43. The number of hydrogen-bond acceptors (Lipinski definition) is 7. The molecule has 0 radical (unpaired) electrons. The number of amides is 1. The van der Waals surface area contributed by atoms with Crippen LogP contribution in [0.4, 0.5) is 0 Å². The number of allylic oxidation sites excluding steroid dienone is 1. The second-order valence-electron chi connectivity index (χ2n) is 9.24. The van der Waals surface area contributed by atoms with Crippen LogP contribution in [0.3, 0.4) is 0 Å². The van der Waals surface area contributed by atoms with Crippen molar-refractivity contribution in [2.45, 2.75) is 37.8 Å². The minimum absolute atomic E-state index is 0.0258. The maximum absolute atomic E-state index is 12.4. The number of azo groups is 1. The lowest BCUT2D eigenvalue weighted by Crippen LogP contribution is -2.36. The van der Waals surface area contributed by atoms with Crippen molar-refractivity contribution in [1.29, 1.82) is 0 Å². The van der Waals surface area contributed by atoms with E-state index in [-0.39, 0.29) is 24.3 Å². The second-order valence-corrected chi connectivity index (χ2v) is 9.24. The Bertz CT molecular complexity index is 1230. The summed E-state index contributed by atoms with van der Waals surface area (Å²) in [7, 11) is 0. The van der Waals surface area contributed by atoms with Crippen molar-refractivity contribution in [2.75, 3.05) is 26.2 Å². The van der Waals surface area contributed by atoms with Crippen LogP contribution in [-0.4, -0.2) is 56.9 Å². The van der Waals surface area contributed by atoms with E-state index in [1.54, 1.807) is 10.9 Å². The molecule has 1 aliphatic carbocycles. The van der Waals surface area contributed by atoms with Gasteiger partial charge in [-0.05, 0) is 48.2 Å². The number of aliphatic hydroxyl groups excluding tert-OH is 1. The van der Waals surface area contributed by atoms with E-state index in [4.69, 9.17) is 0 Å². The highest BCUT2D eigenvalue weighted by Crippen LogP contribution is 2.52. The average Bonchev–Trinajstić information content (AvgIpc) is 3.20.